The predicted molar refractivity (Wildman–Crippen MR) is 109 cm³/mol. The molecule has 8 heteroatoms. The van der Waals surface area contributed by atoms with Crippen LogP contribution in [0, 0.1) is 5.41 Å². The van der Waals surface area contributed by atoms with Gasteiger partial charge in [0.1, 0.15) is 22.2 Å². The number of rotatable bonds is 9. The summed E-state index contributed by atoms with van der Waals surface area (Å²) in [5, 5.41) is 3.95. The predicted octanol–water partition coefficient (Wildman–Crippen LogP) is 2.69. The Hall–Kier alpha value is -1.47. The third-order valence-electron chi connectivity index (χ3n) is 3.94. The van der Waals surface area contributed by atoms with Crippen molar-refractivity contribution in [2.45, 2.75) is 20.3 Å². The zero-order chi connectivity index (χ0) is 19.8. The molecule has 0 bridgehead atoms. The second kappa shape index (κ2) is 10.0. The highest BCUT2D eigenvalue weighted by molar-refractivity contribution is 7.90. The third kappa shape index (κ3) is 9.29. The van der Waals surface area contributed by atoms with E-state index in [9.17, 15) is 8.42 Å². The van der Waals surface area contributed by atoms with Crippen LogP contribution in [-0.4, -0.2) is 65.1 Å². The summed E-state index contributed by atoms with van der Waals surface area (Å²) in [6.07, 6.45) is 1.86. The molecule has 0 aliphatic rings. The lowest BCUT2D eigenvalue weighted by atomic mass is 9.90. The lowest BCUT2D eigenvalue weighted by Gasteiger charge is -2.28. The van der Waals surface area contributed by atoms with Gasteiger partial charge in [0.15, 0.2) is 5.96 Å². The van der Waals surface area contributed by atoms with Gasteiger partial charge < -0.3 is 15.0 Å². The number of guanidine groups is 1. The number of halogens is 1. The maximum atomic E-state index is 11.4. The monoisotopic (exact) mass is 403 g/mol. The van der Waals surface area contributed by atoms with Crippen molar-refractivity contribution in [3.63, 3.8) is 0 Å². The molecule has 6 nitrogen and oxygen atoms in total. The van der Waals surface area contributed by atoms with Crippen molar-refractivity contribution >= 4 is 27.4 Å². The van der Waals surface area contributed by atoms with Crippen molar-refractivity contribution < 1.29 is 13.2 Å². The Morgan fingerprint density at radius 1 is 1.38 bits per heavy atom. The van der Waals surface area contributed by atoms with Crippen LogP contribution in [0.2, 0.25) is 5.02 Å². The molecular formula is C18H30ClN3O3S. The molecule has 26 heavy (non-hydrogen) atoms. The van der Waals surface area contributed by atoms with Crippen LogP contribution in [0.15, 0.2) is 29.3 Å². The van der Waals surface area contributed by atoms with E-state index >= 15 is 0 Å². The van der Waals surface area contributed by atoms with Crippen LogP contribution in [0.5, 0.6) is 5.75 Å². The summed E-state index contributed by atoms with van der Waals surface area (Å²) in [6, 6.07) is 7.29. The van der Waals surface area contributed by atoms with E-state index in [0.717, 1.165) is 11.7 Å². The third-order valence-corrected chi connectivity index (χ3v) is 5.12. The molecule has 1 aromatic rings. The summed E-state index contributed by atoms with van der Waals surface area (Å²) >= 11 is 5.94. The molecule has 0 unspecified atom stereocenters. The van der Waals surface area contributed by atoms with E-state index < -0.39 is 9.84 Å². The topological polar surface area (TPSA) is 71.0 Å². The van der Waals surface area contributed by atoms with E-state index in [1.54, 1.807) is 19.2 Å². The summed E-state index contributed by atoms with van der Waals surface area (Å²) in [5.74, 6) is 1.66. The Morgan fingerprint density at radius 3 is 2.65 bits per heavy atom. The fourth-order valence-corrected chi connectivity index (χ4v) is 3.32. The minimum Gasteiger partial charge on any atom is -0.492 e. The number of ether oxygens (including phenoxy) is 1. The van der Waals surface area contributed by atoms with E-state index in [0.29, 0.717) is 31.1 Å². The average Bonchev–Trinajstić information content (AvgIpc) is 2.53. The highest BCUT2D eigenvalue weighted by atomic mass is 35.5. The SMILES string of the molecule is CN=C(NCC(C)(C)CCS(C)(=O)=O)N(C)CCOc1cccc(Cl)c1. The number of benzene rings is 1. The van der Waals surface area contributed by atoms with Crippen LogP contribution in [0.1, 0.15) is 20.3 Å². The van der Waals surface area contributed by atoms with E-state index in [-0.39, 0.29) is 11.2 Å². The first-order chi connectivity index (χ1) is 12.0. The smallest absolute Gasteiger partial charge is 0.193 e. The van der Waals surface area contributed by atoms with E-state index in [1.807, 2.05) is 37.9 Å². The van der Waals surface area contributed by atoms with Crippen molar-refractivity contribution in [3.8, 4) is 5.75 Å². The number of hydrogen-bond donors (Lipinski definition) is 1. The second-order valence-electron chi connectivity index (χ2n) is 7.17. The molecule has 0 spiro atoms. The first-order valence-corrected chi connectivity index (χ1v) is 10.9. The van der Waals surface area contributed by atoms with Crippen molar-refractivity contribution in [3.05, 3.63) is 29.3 Å². The molecule has 0 saturated heterocycles. The molecule has 1 rings (SSSR count). The molecule has 0 aliphatic carbocycles. The molecule has 148 valence electrons. The Balaban J connectivity index is 2.44. The normalized spacial score (nSPS) is 12.8. The Morgan fingerprint density at radius 2 is 2.08 bits per heavy atom. The molecule has 0 aliphatic heterocycles. The van der Waals surface area contributed by atoms with Gasteiger partial charge in [0, 0.05) is 31.9 Å². The highest BCUT2D eigenvalue weighted by Gasteiger charge is 2.21. The summed E-state index contributed by atoms with van der Waals surface area (Å²) in [7, 11) is 0.699. The molecule has 1 aromatic carbocycles. The number of likely N-dealkylation sites (N-methyl/N-ethyl adjacent to an activating group) is 1. The van der Waals surface area contributed by atoms with E-state index in [1.165, 1.54) is 6.26 Å². The van der Waals surface area contributed by atoms with Gasteiger partial charge in [0.05, 0.1) is 12.3 Å². The molecule has 0 amide bonds. The van der Waals surface area contributed by atoms with Crippen LogP contribution >= 0.6 is 11.6 Å². The molecule has 0 atom stereocenters. The molecule has 1 N–H and O–H groups in total. The van der Waals surface area contributed by atoms with Gasteiger partial charge in [-0.1, -0.05) is 31.5 Å². The largest absolute Gasteiger partial charge is 0.492 e. The maximum absolute atomic E-state index is 11.4. The summed E-state index contributed by atoms with van der Waals surface area (Å²) in [5.41, 5.74) is -0.156. The standard InChI is InChI=1S/C18H30ClN3O3S/c1-18(2,9-12-26(5,23)24)14-21-17(20-3)22(4)10-11-25-16-8-6-7-15(19)13-16/h6-8,13H,9-12,14H2,1-5H3,(H,20,21). The van der Waals surface area contributed by atoms with Gasteiger partial charge in [-0.2, -0.15) is 0 Å². The molecule has 0 fully saturated rings. The summed E-state index contributed by atoms with van der Waals surface area (Å²) < 4.78 is 28.4. The van der Waals surface area contributed by atoms with Crippen LogP contribution in [0.25, 0.3) is 0 Å². The van der Waals surface area contributed by atoms with Gasteiger partial charge >= 0.3 is 0 Å². The van der Waals surface area contributed by atoms with Gasteiger partial charge in [-0.15, -0.1) is 0 Å². The molecular weight excluding hydrogens is 374 g/mol. The lowest BCUT2D eigenvalue weighted by Crippen LogP contribution is -2.44. The van der Waals surface area contributed by atoms with Crippen LogP contribution in [-0.2, 0) is 9.84 Å². The zero-order valence-electron chi connectivity index (χ0n) is 16.3. The number of hydrogen-bond acceptors (Lipinski definition) is 4. The zero-order valence-corrected chi connectivity index (χ0v) is 17.8. The molecule has 0 aromatic heterocycles. The van der Waals surface area contributed by atoms with Gasteiger partial charge in [-0.25, -0.2) is 8.42 Å². The minimum atomic E-state index is -2.95. The molecule has 0 saturated carbocycles. The summed E-state index contributed by atoms with van der Waals surface area (Å²) in [6.45, 7) is 5.86. The first-order valence-electron chi connectivity index (χ1n) is 8.50. The maximum Gasteiger partial charge on any atom is 0.193 e. The number of nitrogens with zero attached hydrogens (tertiary/aromatic N) is 2. The van der Waals surface area contributed by atoms with Gasteiger partial charge in [0.2, 0.25) is 0 Å². The van der Waals surface area contributed by atoms with E-state index in [4.69, 9.17) is 16.3 Å². The number of aliphatic imine (C=N–C) groups is 1. The number of sulfone groups is 1. The van der Waals surface area contributed by atoms with E-state index in [2.05, 4.69) is 10.3 Å². The van der Waals surface area contributed by atoms with Crippen LogP contribution < -0.4 is 10.1 Å². The van der Waals surface area contributed by atoms with Gasteiger partial charge in [-0.05, 0) is 30.0 Å². The quantitative estimate of drug-likeness (QED) is 0.507. The fourth-order valence-electron chi connectivity index (χ4n) is 2.22. The van der Waals surface area contributed by atoms with Crippen LogP contribution in [0.4, 0.5) is 0 Å². The van der Waals surface area contributed by atoms with Crippen molar-refractivity contribution in [1.82, 2.24) is 10.2 Å². The Labute approximate surface area is 162 Å². The summed E-state index contributed by atoms with van der Waals surface area (Å²) in [4.78, 5) is 6.25. The van der Waals surface area contributed by atoms with Gasteiger partial charge in [-0.3, -0.25) is 4.99 Å². The van der Waals surface area contributed by atoms with Crippen molar-refractivity contribution in [1.29, 1.82) is 0 Å². The second-order valence-corrected chi connectivity index (χ2v) is 9.87. The Bertz CT molecular complexity index is 705. The molecule has 0 heterocycles. The molecule has 0 radical (unpaired) electrons. The highest BCUT2D eigenvalue weighted by Crippen LogP contribution is 2.20. The fraction of sp³-hybridized carbons (Fsp3) is 0.611. The number of nitrogens with one attached hydrogen (secondary N) is 1. The minimum absolute atomic E-state index is 0.156. The first kappa shape index (κ1) is 22.6. The van der Waals surface area contributed by atoms with Crippen molar-refractivity contribution in [2.75, 3.05) is 45.8 Å². The van der Waals surface area contributed by atoms with Crippen LogP contribution in [0.3, 0.4) is 0 Å². The Kier molecular flexibility index (Phi) is 8.70. The van der Waals surface area contributed by atoms with Crippen molar-refractivity contribution in [2.24, 2.45) is 10.4 Å². The van der Waals surface area contributed by atoms with Gasteiger partial charge in [0.25, 0.3) is 0 Å². The lowest BCUT2D eigenvalue weighted by molar-refractivity contribution is 0.278. The average molecular weight is 404 g/mol.